The molecule has 0 fully saturated rings. The quantitative estimate of drug-likeness (QED) is 0.423. The van der Waals surface area contributed by atoms with Gasteiger partial charge in [0.05, 0.1) is 19.3 Å². The third kappa shape index (κ3) is 5.94. The summed E-state index contributed by atoms with van der Waals surface area (Å²) in [6.07, 6.45) is 2.94. The van der Waals surface area contributed by atoms with Crippen molar-refractivity contribution in [2.45, 2.75) is 40.3 Å². The molecule has 7 nitrogen and oxygen atoms in total. The van der Waals surface area contributed by atoms with E-state index in [1.807, 2.05) is 36.0 Å². The van der Waals surface area contributed by atoms with Gasteiger partial charge in [0.25, 0.3) is 5.91 Å². The van der Waals surface area contributed by atoms with Crippen molar-refractivity contribution in [1.82, 2.24) is 15.1 Å². The Morgan fingerprint density at radius 2 is 2.03 bits per heavy atom. The third-order valence-electron chi connectivity index (χ3n) is 4.91. The first-order chi connectivity index (χ1) is 15.4. The Bertz CT molecular complexity index is 1120. The van der Waals surface area contributed by atoms with Gasteiger partial charge in [-0.25, -0.2) is 9.38 Å². The van der Waals surface area contributed by atoms with Crippen LogP contribution in [0, 0.1) is 19.7 Å². The zero-order valence-corrected chi connectivity index (χ0v) is 18.8. The van der Waals surface area contributed by atoms with Crippen molar-refractivity contribution >= 4 is 17.6 Å². The molecular formula is C24H28FN5O2. The summed E-state index contributed by atoms with van der Waals surface area (Å²) in [4.78, 5) is 17.3. The van der Waals surface area contributed by atoms with E-state index in [2.05, 4.69) is 27.6 Å². The molecular weight excluding hydrogens is 409 g/mol. The smallest absolute Gasteiger partial charge is 0.258 e. The number of amides is 1. The van der Waals surface area contributed by atoms with Crippen molar-refractivity contribution in [3.63, 3.8) is 0 Å². The largest absolute Gasteiger partial charge is 0.497 e. The minimum atomic E-state index is -0.462. The van der Waals surface area contributed by atoms with E-state index in [-0.39, 0.29) is 11.5 Å². The zero-order chi connectivity index (χ0) is 23.1. The van der Waals surface area contributed by atoms with Crippen molar-refractivity contribution in [3.8, 4) is 5.75 Å². The molecule has 0 saturated heterocycles. The lowest BCUT2D eigenvalue weighted by Crippen LogP contribution is -2.36. The number of guanidine groups is 1. The maximum absolute atomic E-state index is 13.9. The van der Waals surface area contributed by atoms with Crippen LogP contribution in [-0.4, -0.2) is 28.8 Å². The molecule has 3 rings (SSSR count). The maximum Gasteiger partial charge on any atom is 0.258 e. The second-order valence-corrected chi connectivity index (χ2v) is 7.44. The van der Waals surface area contributed by atoms with Crippen LogP contribution in [0.25, 0.3) is 0 Å². The van der Waals surface area contributed by atoms with Gasteiger partial charge in [-0.15, -0.1) is 0 Å². The monoisotopic (exact) mass is 437 g/mol. The lowest BCUT2D eigenvalue weighted by atomic mass is 10.1. The molecule has 1 amide bonds. The van der Waals surface area contributed by atoms with Gasteiger partial charge in [-0.2, -0.15) is 5.10 Å². The maximum atomic E-state index is 13.9. The minimum Gasteiger partial charge on any atom is -0.497 e. The fraction of sp³-hybridized carbons (Fsp3) is 0.292. The van der Waals surface area contributed by atoms with E-state index >= 15 is 0 Å². The predicted molar refractivity (Wildman–Crippen MR) is 124 cm³/mol. The van der Waals surface area contributed by atoms with Crippen molar-refractivity contribution < 1.29 is 13.9 Å². The summed E-state index contributed by atoms with van der Waals surface area (Å²) in [5.74, 6) is 0.0112. The number of carbonyl (C=O) groups is 1. The molecule has 0 saturated carbocycles. The number of aryl methyl sites for hydroxylation is 3. The lowest BCUT2D eigenvalue weighted by Gasteiger charge is -2.13. The number of rotatable bonds is 7. The highest BCUT2D eigenvalue weighted by atomic mass is 19.1. The number of anilines is 1. The molecule has 0 aliphatic rings. The van der Waals surface area contributed by atoms with E-state index in [1.54, 1.807) is 32.2 Å². The van der Waals surface area contributed by atoms with E-state index in [0.717, 1.165) is 24.2 Å². The van der Waals surface area contributed by atoms with Crippen molar-refractivity contribution in [3.05, 3.63) is 76.9 Å². The topological polar surface area (TPSA) is 80.5 Å². The molecule has 1 heterocycles. The second-order valence-electron chi connectivity index (χ2n) is 7.44. The van der Waals surface area contributed by atoms with Crippen LogP contribution in [-0.2, 0) is 13.1 Å². The third-order valence-corrected chi connectivity index (χ3v) is 4.91. The van der Waals surface area contributed by atoms with Crippen LogP contribution in [0.5, 0.6) is 5.75 Å². The number of ether oxygens (including phenoxy) is 1. The second kappa shape index (κ2) is 10.6. The fourth-order valence-electron chi connectivity index (χ4n) is 3.08. The molecule has 2 N–H and O–H groups in total. The van der Waals surface area contributed by atoms with Gasteiger partial charge in [-0.1, -0.05) is 19.1 Å². The van der Waals surface area contributed by atoms with Gasteiger partial charge in [0.2, 0.25) is 5.96 Å². The van der Waals surface area contributed by atoms with Crippen LogP contribution in [0.3, 0.4) is 0 Å². The van der Waals surface area contributed by atoms with Gasteiger partial charge in [-0.3, -0.25) is 14.8 Å². The normalized spacial score (nSPS) is 11.3. The van der Waals surface area contributed by atoms with Gasteiger partial charge in [-0.05, 0) is 50.1 Å². The number of aromatic nitrogens is 2. The number of benzene rings is 2. The summed E-state index contributed by atoms with van der Waals surface area (Å²) in [5.41, 5.74) is 3.22. The Labute approximate surface area is 187 Å². The molecule has 0 aliphatic heterocycles. The van der Waals surface area contributed by atoms with Gasteiger partial charge in [0, 0.05) is 35.6 Å². The summed E-state index contributed by atoms with van der Waals surface area (Å²) in [7, 11) is 1.58. The fourth-order valence-corrected chi connectivity index (χ4v) is 3.08. The SMILES string of the molecule is CCCn1cc(CN=C(NC(=O)c2ccc(C)c(F)c2)Nc2cccc(OC)c2)c(C)n1. The standard InChI is InChI=1S/C24H28FN5O2/c1-5-11-30-15-19(17(3)29-30)14-26-24(27-20-7-6-8-21(13-20)32-4)28-23(31)18-10-9-16(2)22(25)12-18/h6-10,12-13,15H,5,11,14H2,1-4H3,(H2,26,27,28,31). The van der Waals surface area contributed by atoms with Crippen LogP contribution in [0.15, 0.2) is 53.7 Å². The average Bonchev–Trinajstić information content (AvgIpc) is 3.13. The molecule has 3 aromatic rings. The molecule has 0 aliphatic carbocycles. The summed E-state index contributed by atoms with van der Waals surface area (Å²) in [5, 5.41) is 10.4. The van der Waals surface area contributed by atoms with Crippen LogP contribution in [0.2, 0.25) is 0 Å². The van der Waals surface area contributed by atoms with Crippen LogP contribution < -0.4 is 15.4 Å². The van der Waals surface area contributed by atoms with Crippen molar-refractivity contribution in [2.75, 3.05) is 12.4 Å². The molecule has 0 spiro atoms. The summed E-state index contributed by atoms with van der Waals surface area (Å²) < 4.78 is 21.1. The number of hydrogen-bond donors (Lipinski definition) is 2. The molecule has 1 aromatic heterocycles. The first kappa shape index (κ1) is 23.0. The number of aliphatic imine (C=N–C) groups is 1. The number of nitrogens with zero attached hydrogens (tertiary/aromatic N) is 3. The Balaban J connectivity index is 1.85. The number of nitrogens with one attached hydrogen (secondary N) is 2. The van der Waals surface area contributed by atoms with Crippen LogP contribution >= 0.6 is 0 Å². The minimum absolute atomic E-state index is 0.209. The molecule has 0 atom stereocenters. The number of halogens is 1. The Kier molecular flexibility index (Phi) is 7.59. The first-order valence-corrected chi connectivity index (χ1v) is 10.5. The highest BCUT2D eigenvalue weighted by Gasteiger charge is 2.12. The van der Waals surface area contributed by atoms with E-state index < -0.39 is 11.7 Å². The average molecular weight is 438 g/mol. The van der Waals surface area contributed by atoms with E-state index in [9.17, 15) is 9.18 Å². The Morgan fingerprint density at radius 1 is 1.22 bits per heavy atom. The molecule has 0 bridgehead atoms. The van der Waals surface area contributed by atoms with Crippen molar-refractivity contribution in [1.29, 1.82) is 0 Å². The molecule has 0 unspecified atom stereocenters. The number of hydrogen-bond acceptors (Lipinski definition) is 4. The van der Waals surface area contributed by atoms with E-state index in [1.165, 1.54) is 6.07 Å². The Hall–Kier alpha value is -3.68. The summed E-state index contributed by atoms with van der Waals surface area (Å²) in [6.45, 7) is 6.82. The highest BCUT2D eigenvalue weighted by Crippen LogP contribution is 2.17. The lowest BCUT2D eigenvalue weighted by molar-refractivity contribution is 0.0976. The molecule has 32 heavy (non-hydrogen) atoms. The predicted octanol–water partition coefficient (Wildman–Crippen LogP) is 4.46. The molecule has 2 aromatic carbocycles. The van der Waals surface area contributed by atoms with Crippen LogP contribution in [0.1, 0.15) is 40.5 Å². The van der Waals surface area contributed by atoms with Crippen LogP contribution in [0.4, 0.5) is 10.1 Å². The highest BCUT2D eigenvalue weighted by molar-refractivity contribution is 6.10. The van der Waals surface area contributed by atoms with Crippen molar-refractivity contribution in [2.24, 2.45) is 4.99 Å². The van der Waals surface area contributed by atoms with Gasteiger partial charge < -0.3 is 10.1 Å². The molecule has 0 radical (unpaired) electrons. The van der Waals surface area contributed by atoms with Gasteiger partial charge >= 0.3 is 0 Å². The summed E-state index contributed by atoms with van der Waals surface area (Å²) in [6, 6.07) is 11.6. The van der Waals surface area contributed by atoms with Gasteiger partial charge in [0.1, 0.15) is 11.6 Å². The number of methoxy groups -OCH3 is 1. The summed E-state index contributed by atoms with van der Waals surface area (Å²) >= 11 is 0. The molecule has 8 heteroatoms. The molecule has 168 valence electrons. The number of carbonyl (C=O) groups excluding carboxylic acids is 1. The first-order valence-electron chi connectivity index (χ1n) is 10.5. The van der Waals surface area contributed by atoms with E-state index in [0.29, 0.717) is 23.5 Å². The van der Waals surface area contributed by atoms with E-state index in [4.69, 9.17) is 4.74 Å². The zero-order valence-electron chi connectivity index (χ0n) is 18.8. The Morgan fingerprint density at radius 3 is 2.75 bits per heavy atom. The van der Waals surface area contributed by atoms with Gasteiger partial charge in [0.15, 0.2) is 0 Å².